The lowest BCUT2D eigenvalue weighted by Crippen LogP contribution is -2.47. The number of hydrogen-bond acceptors (Lipinski definition) is 7. The number of para-hydroxylation sites is 1. The molecule has 2 atom stereocenters. The largest absolute Gasteiger partial charge is 0.482 e. The number of aromatic nitrogens is 1. The Labute approximate surface area is 213 Å². The molecular weight excluding hydrogens is 479 g/mol. The molecule has 1 aromatic heterocycles. The molecule has 1 fully saturated rings. The molecule has 9 heteroatoms. The maximum atomic E-state index is 14.2. The lowest BCUT2D eigenvalue weighted by Gasteiger charge is -2.36. The summed E-state index contributed by atoms with van der Waals surface area (Å²) in [4.78, 5) is 45.4. The van der Waals surface area contributed by atoms with E-state index in [9.17, 15) is 18.8 Å². The van der Waals surface area contributed by atoms with Gasteiger partial charge in [0.2, 0.25) is 0 Å². The third kappa shape index (κ3) is 4.50. The number of ether oxygens (including phenoxy) is 3. The first-order chi connectivity index (χ1) is 17.5. The molecule has 1 saturated heterocycles. The number of amides is 1. The summed E-state index contributed by atoms with van der Waals surface area (Å²) < 4.78 is 31.2. The minimum Gasteiger partial charge on any atom is -0.482 e. The van der Waals surface area contributed by atoms with Gasteiger partial charge in [0.25, 0.3) is 0 Å². The van der Waals surface area contributed by atoms with Crippen LogP contribution in [0.3, 0.4) is 0 Å². The summed E-state index contributed by atoms with van der Waals surface area (Å²) in [7, 11) is 1.24. The van der Waals surface area contributed by atoms with Crippen LogP contribution in [0.15, 0.2) is 48.5 Å². The van der Waals surface area contributed by atoms with Crippen molar-refractivity contribution in [1.82, 2.24) is 9.88 Å². The molecule has 8 nitrogen and oxygen atoms in total. The van der Waals surface area contributed by atoms with Crippen molar-refractivity contribution in [2.75, 3.05) is 13.7 Å². The first-order valence-electron chi connectivity index (χ1n) is 12.0. The Morgan fingerprint density at radius 2 is 1.92 bits per heavy atom. The Kier molecular flexibility index (Phi) is 5.89. The molecular formula is C28H27FN2O6. The summed E-state index contributed by atoms with van der Waals surface area (Å²) in [5.74, 6) is -1.10. The van der Waals surface area contributed by atoms with Crippen molar-refractivity contribution in [3.8, 4) is 17.0 Å². The van der Waals surface area contributed by atoms with E-state index in [1.807, 2.05) is 6.07 Å². The second-order valence-corrected chi connectivity index (χ2v) is 10.4. The highest BCUT2D eigenvalue weighted by Gasteiger charge is 2.55. The fourth-order valence-corrected chi connectivity index (χ4v) is 5.04. The molecule has 0 radical (unpaired) electrons. The average Bonchev–Trinajstić information content (AvgIpc) is 3.20. The standard InChI is InChI=1S/C28H27FN2O6/c1-27(2,3)37-26(34)31-15-28(13-20(31)25(33)35-4)14-21(32)22-18-10-5-6-11-19(18)30-23(24(22)36-28)16-8-7-9-17(29)12-16/h5-12,20H,13-15H2,1-4H3. The van der Waals surface area contributed by atoms with Crippen molar-refractivity contribution in [3.05, 3.63) is 59.9 Å². The topological polar surface area (TPSA) is 95.0 Å². The number of ketones is 1. The van der Waals surface area contributed by atoms with E-state index in [0.717, 1.165) is 0 Å². The molecule has 2 unspecified atom stereocenters. The molecule has 3 aromatic rings. The van der Waals surface area contributed by atoms with Gasteiger partial charge in [-0.3, -0.25) is 9.69 Å². The van der Waals surface area contributed by atoms with Crippen LogP contribution in [-0.2, 0) is 14.3 Å². The Hall–Kier alpha value is -4.01. The number of pyridine rings is 1. The molecule has 5 rings (SSSR count). The normalized spacial score (nSPS) is 21.1. The molecule has 0 N–H and O–H groups in total. The molecule has 0 aliphatic carbocycles. The van der Waals surface area contributed by atoms with E-state index in [1.54, 1.807) is 51.1 Å². The predicted molar refractivity (Wildman–Crippen MR) is 133 cm³/mol. The van der Waals surface area contributed by atoms with Gasteiger partial charge in [-0.2, -0.15) is 0 Å². The van der Waals surface area contributed by atoms with Crippen LogP contribution >= 0.6 is 0 Å². The summed E-state index contributed by atoms with van der Waals surface area (Å²) in [6.45, 7) is 5.11. The smallest absolute Gasteiger partial charge is 0.411 e. The zero-order valence-corrected chi connectivity index (χ0v) is 21.0. The fraction of sp³-hybridized carbons (Fsp3) is 0.357. The number of esters is 1. The number of halogens is 1. The van der Waals surface area contributed by atoms with E-state index in [4.69, 9.17) is 19.2 Å². The van der Waals surface area contributed by atoms with Gasteiger partial charge in [-0.1, -0.05) is 30.3 Å². The van der Waals surface area contributed by atoms with Gasteiger partial charge in [0.05, 0.1) is 31.2 Å². The zero-order valence-electron chi connectivity index (χ0n) is 21.0. The Morgan fingerprint density at radius 1 is 1.16 bits per heavy atom. The van der Waals surface area contributed by atoms with Crippen LogP contribution in [0.2, 0.25) is 0 Å². The number of methoxy groups -OCH3 is 1. The van der Waals surface area contributed by atoms with E-state index in [1.165, 1.54) is 24.1 Å². The van der Waals surface area contributed by atoms with E-state index in [0.29, 0.717) is 27.7 Å². The number of rotatable bonds is 2. The van der Waals surface area contributed by atoms with E-state index in [-0.39, 0.29) is 30.9 Å². The number of benzene rings is 2. The van der Waals surface area contributed by atoms with E-state index >= 15 is 0 Å². The van der Waals surface area contributed by atoms with Gasteiger partial charge in [-0.15, -0.1) is 0 Å². The lowest BCUT2D eigenvalue weighted by molar-refractivity contribution is -0.145. The molecule has 1 spiro atoms. The second-order valence-electron chi connectivity index (χ2n) is 10.4. The number of carbonyl (C=O) groups is 3. The average molecular weight is 507 g/mol. The Morgan fingerprint density at radius 3 is 2.62 bits per heavy atom. The number of Topliss-reactive ketones (excluding diaryl/α,β-unsaturated/α-hetero) is 1. The number of likely N-dealkylation sites (tertiary alicyclic amines) is 1. The van der Waals surface area contributed by atoms with Crippen LogP contribution in [0, 0.1) is 5.82 Å². The van der Waals surface area contributed by atoms with Gasteiger partial charge in [0.1, 0.15) is 28.8 Å². The minimum atomic E-state index is -1.22. The van der Waals surface area contributed by atoms with Crippen LogP contribution in [0.5, 0.6) is 5.75 Å². The molecule has 3 heterocycles. The predicted octanol–water partition coefficient (Wildman–Crippen LogP) is 4.93. The molecule has 0 saturated carbocycles. The fourth-order valence-electron chi connectivity index (χ4n) is 5.04. The van der Waals surface area contributed by atoms with Gasteiger partial charge in [-0.25, -0.2) is 19.0 Å². The van der Waals surface area contributed by atoms with Crippen molar-refractivity contribution in [2.45, 2.75) is 50.9 Å². The van der Waals surface area contributed by atoms with Crippen LogP contribution in [-0.4, -0.2) is 58.6 Å². The summed E-state index contributed by atoms with van der Waals surface area (Å²) >= 11 is 0. The van der Waals surface area contributed by atoms with Crippen molar-refractivity contribution >= 4 is 28.7 Å². The SMILES string of the molecule is COC(=O)C1CC2(CC(=O)c3c(c(-c4cccc(F)c4)nc4ccccc34)O2)CN1C(=O)OC(C)(C)C. The first kappa shape index (κ1) is 24.7. The molecule has 0 bridgehead atoms. The van der Waals surface area contributed by atoms with Crippen LogP contribution in [0.4, 0.5) is 9.18 Å². The molecule has 1 amide bonds. The zero-order chi connectivity index (χ0) is 26.5. The Balaban J connectivity index is 1.63. The molecule has 2 aliphatic rings. The van der Waals surface area contributed by atoms with E-state index < -0.39 is 35.1 Å². The highest BCUT2D eigenvalue weighted by molar-refractivity contribution is 6.12. The molecule has 37 heavy (non-hydrogen) atoms. The van der Waals surface area contributed by atoms with Gasteiger partial charge < -0.3 is 14.2 Å². The molecule has 192 valence electrons. The van der Waals surface area contributed by atoms with Gasteiger partial charge in [-0.05, 0) is 39.0 Å². The Bertz CT molecular complexity index is 1430. The van der Waals surface area contributed by atoms with Gasteiger partial charge in [0, 0.05) is 17.4 Å². The van der Waals surface area contributed by atoms with Gasteiger partial charge >= 0.3 is 12.1 Å². The van der Waals surface area contributed by atoms with Crippen LogP contribution in [0.25, 0.3) is 22.2 Å². The summed E-state index contributed by atoms with van der Waals surface area (Å²) in [5.41, 5.74) is -0.337. The van der Waals surface area contributed by atoms with Crippen molar-refractivity contribution in [1.29, 1.82) is 0 Å². The minimum absolute atomic E-state index is 0.0273. The number of fused-ring (bicyclic) bond motifs is 3. The second kappa shape index (κ2) is 8.83. The van der Waals surface area contributed by atoms with Crippen LogP contribution in [0.1, 0.15) is 44.0 Å². The summed E-state index contributed by atoms with van der Waals surface area (Å²) in [5, 5.41) is 0.615. The molecule has 2 aromatic carbocycles. The maximum absolute atomic E-state index is 14.2. The molecule has 2 aliphatic heterocycles. The number of carbonyl (C=O) groups excluding carboxylic acids is 3. The maximum Gasteiger partial charge on any atom is 0.411 e. The first-order valence-corrected chi connectivity index (χ1v) is 12.0. The van der Waals surface area contributed by atoms with Crippen molar-refractivity contribution < 1.29 is 33.0 Å². The van der Waals surface area contributed by atoms with Crippen LogP contribution < -0.4 is 4.74 Å². The monoisotopic (exact) mass is 506 g/mol. The highest BCUT2D eigenvalue weighted by atomic mass is 19.1. The third-order valence-electron chi connectivity index (χ3n) is 6.53. The van der Waals surface area contributed by atoms with E-state index in [2.05, 4.69) is 0 Å². The quantitative estimate of drug-likeness (QED) is 0.455. The highest BCUT2D eigenvalue weighted by Crippen LogP contribution is 2.47. The summed E-state index contributed by atoms with van der Waals surface area (Å²) in [6, 6.07) is 12.1. The third-order valence-corrected chi connectivity index (χ3v) is 6.53. The van der Waals surface area contributed by atoms with Crippen molar-refractivity contribution in [2.24, 2.45) is 0 Å². The number of nitrogens with zero attached hydrogens (tertiary/aromatic N) is 2. The summed E-state index contributed by atoms with van der Waals surface area (Å²) in [6.07, 6.45) is -0.744. The van der Waals surface area contributed by atoms with Crippen molar-refractivity contribution in [3.63, 3.8) is 0 Å². The lowest BCUT2D eigenvalue weighted by atomic mass is 9.85. The van der Waals surface area contributed by atoms with Gasteiger partial charge in [0.15, 0.2) is 11.5 Å². The number of hydrogen-bond donors (Lipinski definition) is 0.